The van der Waals surface area contributed by atoms with Gasteiger partial charge < -0.3 is 4.79 Å². The zero-order chi connectivity index (χ0) is 5.86. The van der Waals surface area contributed by atoms with Crippen LogP contribution in [0.1, 0.15) is 13.8 Å². The number of carbonyl (C=O) groups is 1. The molecule has 0 radical (unpaired) electrons. The normalized spacial score (nSPS) is 12.9. The summed E-state index contributed by atoms with van der Waals surface area (Å²) in [7, 11) is 0. The molecule has 0 aromatic carbocycles. The van der Waals surface area contributed by atoms with Gasteiger partial charge in [-0.05, 0) is 11.8 Å². The molecule has 2 heteroatoms. The third-order valence-electron chi connectivity index (χ3n) is 0.845. The maximum Gasteiger partial charge on any atom is 0.127 e. The second kappa shape index (κ2) is 2.86. The SMILES string of the molecule is CC(=S)C(C)C=O. The fraction of sp³-hybridized carbons (Fsp3) is 0.600. The summed E-state index contributed by atoms with van der Waals surface area (Å²) >= 11 is 4.69. The summed E-state index contributed by atoms with van der Waals surface area (Å²) in [4.78, 5) is 10.6. The monoisotopic (exact) mass is 116 g/mol. The smallest absolute Gasteiger partial charge is 0.127 e. The van der Waals surface area contributed by atoms with Crippen LogP contribution in [0.4, 0.5) is 0 Å². The van der Waals surface area contributed by atoms with Gasteiger partial charge in [-0.25, -0.2) is 0 Å². The van der Waals surface area contributed by atoms with Gasteiger partial charge in [0.2, 0.25) is 0 Å². The summed E-state index contributed by atoms with van der Waals surface area (Å²) in [5, 5.41) is 0. The Morgan fingerprint density at radius 1 is 1.86 bits per heavy atom. The topological polar surface area (TPSA) is 17.1 Å². The third kappa shape index (κ3) is 2.45. The Morgan fingerprint density at radius 2 is 2.29 bits per heavy atom. The molecule has 1 unspecified atom stereocenters. The fourth-order valence-corrected chi connectivity index (χ4v) is 0.151. The molecule has 0 heterocycles. The maximum atomic E-state index is 9.86. The Kier molecular flexibility index (Phi) is 2.76. The van der Waals surface area contributed by atoms with Crippen LogP contribution >= 0.6 is 12.2 Å². The Morgan fingerprint density at radius 3 is 2.29 bits per heavy atom. The Balaban J connectivity index is 3.55. The molecule has 1 nitrogen and oxygen atoms in total. The van der Waals surface area contributed by atoms with Crippen molar-refractivity contribution < 1.29 is 4.79 Å². The average Bonchev–Trinajstić information content (AvgIpc) is 1.65. The zero-order valence-corrected chi connectivity index (χ0v) is 5.29. The van der Waals surface area contributed by atoms with Gasteiger partial charge in [0.25, 0.3) is 0 Å². The largest absolute Gasteiger partial charge is 0.303 e. The first kappa shape index (κ1) is 6.76. The summed E-state index contributed by atoms with van der Waals surface area (Å²) < 4.78 is 0. The molecule has 40 valence electrons. The molecule has 0 aliphatic carbocycles. The number of aldehydes is 1. The third-order valence-corrected chi connectivity index (χ3v) is 1.22. The maximum absolute atomic E-state index is 9.86. The van der Waals surface area contributed by atoms with Crippen LogP contribution in [0.5, 0.6) is 0 Å². The number of hydrogen-bond donors (Lipinski definition) is 0. The van der Waals surface area contributed by atoms with Gasteiger partial charge in [-0.1, -0.05) is 19.1 Å². The molecular weight excluding hydrogens is 108 g/mol. The minimum atomic E-state index is -0.0463. The van der Waals surface area contributed by atoms with Crippen LogP contribution in [0.3, 0.4) is 0 Å². The van der Waals surface area contributed by atoms with Crippen molar-refractivity contribution in [1.29, 1.82) is 0 Å². The van der Waals surface area contributed by atoms with Gasteiger partial charge in [0, 0.05) is 5.92 Å². The van der Waals surface area contributed by atoms with Crippen LogP contribution in [0.2, 0.25) is 0 Å². The molecule has 0 bridgehead atoms. The lowest BCUT2D eigenvalue weighted by Gasteiger charge is -1.93. The van der Waals surface area contributed by atoms with Gasteiger partial charge in [0.15, 0.2) is 0 Å². The molecule has 0 aliphatic heterocycles. The van der Waals surface area contributed by atoms with E-state index in [0.717, 1.165) is 11.2 Å². The molecule has 0 spiro atoms. The van der Waals surface area contributed by atoms with Gasteiger partial charge >= 0.3 is 0 Å². The molecule has 0 saturated carbocycles. The quantitative estimate of drug-likeness (QED) is 0.398. The second-order valence-electron chi connectivity index (χ2n) is 1.54. The van der Waals surface area contributed by atoms with Crippen molar-refractivity contribution in [3.8, 4) is 0 Å². The van der Waals surface area contributed by atoms with Crippen LogP contribution in [0, 0.1) is 5.92 Å². The van der Waals surface area contributed by atoms with Crippen molar-refractivity contribution in [2.24, 2.45) is 5.92 Å². The van der Waals surface area contributed by atoms with E-state index in [1.165, 1.54) is 0 Å². The second-order valence-corrected chi connectivity index (χ2v) is 2.18. The van der Waals surface area contributed by atoms with Crippen LogP contribution < -0.4 is 0 Å². The van der Waals surface area contributed by atoms with Crippen molar-refractivity contribution >= 4 is 23.4 Å². The van der Waals surface area contributed by atoms with Crippen molar-refractivity contribution in [2.45, 2.75) is 13.8 Å². The molecule has 0 aromatic rings. The van der Waals surface area contributed by atoms with Gasteiger partial charge in [0.1, 0.15) is 6.29 Å². The van der Waals surface area contributed by atoms with Crippen molar-refractivity contribution in [3.05, 3.63) is 0 Å². The summed E-state index contributed by atoms with van der Waals surface area (Å²) in [5.74, 6) is -0.0463. The minimum absolute atomic E-state index is 0.0463. The lowest BCUT2D eigenvalue weighted by molar-refractivity contribution is -0.109. The summed E-state index contributed by atoms with van der Waals surface area (Å²) in [5.41, 5.74) is 0. The summed E-state index contributed by atoms with van der Waals surface area (Å²) in [6.45, 7) is 3.56. The van der Waals surface area contributed by atoms with E-state index in [4.69, 9.17) is 0 Å². The van der Waals surface area contributed by atoms with Gasteiger partial charge in [-0.3, -0.25) is 0 Å². The highest BCUT2D eigenvalue weighted by Crippen LogP contribution is 1.91. The van der Waals surface area contributed by atoms with E-state index < -0.39 is 0 Å². The van der Waals surface area contributed by atoms with Crippen LogP contribution in [-0.2, 0) is 4.79 Å². The van der Waals surface area contributed by atoms with Gasteiger partial charge in [-0.2, -0.15) is 0 Å². The Bertz CT molecular complexity index is 88.1. The lowest BCUT2D eigenvalue weighted by atomic mass is 10.1. The van der Waals surface area contributed by atoms with Crippen molar-refractivity contribution in [3.63, 3.8) is 0 Å². The zero-order valence-electron chi connectivity index (χ0n) is 4.47. The van der Waals surface area contributed by atoms with E-state index in [2.05, 4.69) is 12.2 Å². The van der Waals surface area contributed by atoms with Gasteiger partial charge in [0.05, 0.1) is 0 Å². The molecule has 0 saturated heterocycles. The number of rotatable bonds is 2. The highest BCUT2D eigenvalue weighted by molar-refractivity contribution is 7.80. The molecule has 1 atom stereocenters. The van der Waals surface area contributed by atoms with E-state index in [9.17, 15) is 4.79 Å². The molecule has 0 fully saturated rings. The molecular formula is C5H8OS. The van der Waals surface area contributed by atoms with Crippen LogP contribution in [0.15, 0.2) is 0 Å². The van der Waals surface area contributed by atoms with Crippen LogP contribution in [0.25, 0.3) is 0 Å². The highest BCUT2D eigenvalue weighted by atomic mass is 32.1. The van der Waals surface area contributed by atoms with E-state index in [1.54, 1.807) is 13.8 Å². The first-order valence-corrected chi connectivity index (χ1v) is 2.55. The van der Waals surface area contributed by atoms with Crippen LogP contribution in [-0.4, -0.2) is 11.2 Å². The average molecular weight is 116 g/mol. The highest BCUT2D eigenvalue weighted by Gasteiger charge is 1.97. The number of hydrogen-bond acceptors (Lipinski definition) is 2. The molecule has 7 heavy (non-hydrogen) atoms. The van der Waals surface area contributed by atoms with Crippen molar-refractivity contribution in [2.75, 3.05) is 0 Å². The standard InChI is InChI=1S/C5H8OS/c1-4(3-6)5(2)7/h3-4H,1-2H3. The molecule has 0 aliphatic rings. The minimum Gasteiger partial charge on any atom is -0.303 e. The Labute approximate surface area is 48.7 Å². The van der Waals surface area contributed by atoms with Gasteiger partial charge in [-0.15, -0.1) is 0 Å². The predicted octanol–water partition coefficient (Wildman–Crippen LogP) is 1.21. The predicted molar refractivity (Wildman–Crippen MR) is 33.5 cm³/mol. The lowest BCUT2D eigenvalue weighted by Crippen LogP contribution is -2.03. The summed E-state index contributed by atoms with van der Waals surface area (Å²) in [6, 6.07) is 0. The van der Waals surface area contributed by atoms with E-state index >= 15 is 0 Å². The Hall–Kier alpha value is -0.240. The summed E-state index contributed by atoms with van der Waals surface area (Å²) in [6.07, 6.45) is 0.850. The fourth-order valence-electron chi connectivity index (χ4n) is 0.0958. The molecule has 0 rings (SSSR count). The van der Waals surface area contributed by atoms with E-state index in [-0.39, 0.29) is 5.92 Å². The van der Waals surface area contributed by atoms with E-state index in [1.807, 2.05) is 0 Å². The molecule has 0 aromatic heterocycles. The first-order valence-electron chi connectivity index (χ1n) is 2.14. The molecule has 0 amide bonds. The first-order chi connectivity index (χ1) is 3.18. The van der Waals surface area contributed by atoms with E-state index in [0.29, 0.717) is 0 Å². The number of thiocarbonyl (C=S) groups is 1. The van der Waals surface area contributed by atoms with Crippen molar-refractivity contribution in [1.82, 2.24) is 0 Å². The number of carbonyl (C=O) groups excluding carboxylic acids is 1. The molecule has 0 N–H and O–H groups in total.